The van der Waals surface area contributed by atoms with Crippen molar-refractivity contribution in [3.8, 4) is 70.3 Å². The number of rotatable bonds is 6. The number of hydrogen-bond acceptors (Lipinski definition) is 6. The van der Waals surface area contributed by atoms with Crippen molar-refractivity contribution in [2.45, 2.75) is 5.41 Å². The number of fused-ring (bicyclic) bond motifs is 3. The predicted octanol–water partition coefficient (Wildman–Crippen LogP) is 8.17. The van der Waals surface area contributed by atoms with Crippen LogP contribution in [-0.2, 0) is 5.41 Å². The first-order valence-electron chi connectivity index (χ1n) is 14.8. The zero-order valence-corrected chi connectivity index (χ0v) is 25.1. The van der Waals surface area contributed by atoms with E-state index in [0.29, 0.717) is 23.0 Å². The number of nitrogen functional groups attached to an aromatic ring is 2. The summed E-state index contributed by atoms with van der Waals surface area (Å²) in [5, 5.41) is 20.1. The molecule has 0 saturated heterocycles. The molecule has 1 aliphatic rings. The van der Waals surface area contributed by atoms with E-state index in [2.05, 4.69) is 24.0 Å². The Hall–Kier alpha value is -6.76. The van der Waals surface area contributed by atoms with Gasteiger partial charge in [-0.25, -0.2) is 0 Å². The monoisotopic (exact) mass is 612 g/mol. The van der Waals surface area contributed by atoms with Crippen LogP contribution in [0.1, 0.15) is 33.4 Å². The van der Waals surface area contributed by atoms with Crippen LogP contribution in [0, 0.1) is 24.7 Å². The molecular weight excluding hydrogens is 584 g/mol. The van der Waals surface area contributed by atoms with E-state index >= 15 is 0 Å². The minimum absolute atomic E-state index is 0.0458. The van der Waals surface area contributed by atoms with Gasteiger partial charge in [-0.1, -0.05) is 48.2 Å². The second-order valence-corrected chi connectivity index (χ2v) is 11.3. The average Bonchev–Trinajstić information content (AvgIpc) is 3.38. The number of anilines is 2. The molecule has 6 nitrogen and oxygen atoms in total. The third-order valence-corrected chi connectivity index (χ3v) is 8.52. The molecule has 0 aromatic heterocycles. The molecule has 6 aromatic carbocycles. The Morgan fingerprint density at radius 2 is 0.872 bits per heavy atom. The van der Waals surface area contributed by atoms with Gasteiger partial charge in [-0.15, -0.1) is 12.8 Å². The van der Waals surface area contributed by atoms with E-state index in [1.165, 1.54) is 12.1 Å². The van der Waals surface area contributed by atoms with Crippen LogP contribution in [0.2, 0.25) is 0 Å². The van der Waals surface area contributed by atoms with E-state index in [-0.39, 0.29) is 22.9 Å². The highest BCUT2D eigenvalue weighted by Gasteiger charge is 2.46. The summed E-state index contributed by atoms with van der Waals surface area (Å²) in [5.74, 6) is 7.56. The molecule has 0 fully saturated rings. The van der Waals surface area contributed by atoms with Crippen molar-refractivity contribution in [2.75, 3.05) is 11.5 Å². The molecule has 0 atom stereocenters. The van der Waals surface area contributed by atoms with Crippen molar-refractivity contribution in [2.24, 2.45) is 0 Å². The van der Waals surface area contributed by atoms with E-state index in [1.54, 1.807) is 24.3 Å². The quantitative estimate of drug-likeness (QED) is 0.0857. The number of nitrogens with two attached hydrogens (primary N) is 2. The number of phenols is 2. The van der Waals surface area contributed by atoms with Gasteiger partial charge in [0.15, 0.2) is 0 Å². The molecule has 226 valence electrons. The first-order valence-corrected chi connectivity index (χ1v) is 14.8. The summed E-state index contributed by atoms with van der Waals surface area (Å²) in [4.78, 5) is 0. The zero-order chi connectivity index (χ0) is 32.7. The number of phenolic OH excluding ortho intramolecular Hbond substituents is 2. The van der Waals surface area contributed by atoms with E-state index in [9.17, 15) is 10.2 Å². The van der Waals surface area contributed by atoms with Crippen molar-refractivity contribution in [3.63, 3.8) is 0 Å². The smallest absolute Gasteiger partial charge is 0.142 e. The van der Waals surface area contributed by atoms with Gasteiger partial charge in [0.05, 0.1) is 16.8 Å². The molecule has 0 aliphatic heterocycles. The molecule has 47 heavy (non-hydrogen) atoms. The topological polar surface area (TPSA) is 111 Å². The number of terminal acetylenes is 2. The Labute approximate surface area is 272 Å². The predicted molar refractivity (Wildman–Crippen MR) is 185 cm³/mol. The molecule has 1 aliphatic carbocycles. The first-order chi connectivity index (χ1) is 22.8. The average molecular weight is 613 g/mol. The van der Waals surface area contributed by atoms with Gasteiger partial charge in [-0.05, 0) is 106 Å². The molecule has 0 spiro atoms. The van der Waals surface area contributed by atoms with Gasteiger partial charge < -0.3 is 31.2 Å². The lowest BCUT2D eigenvalue weighted by Gasteiger charge is -2.34. The third-order valence-electron chi connectivity index (χ3n) is 8.52. The van der Waals surface area contributed by atoms with E-state index in [4.69, 9.17) is 33.8 Å². The molecule has 0 unspecified atom stereocenters. The molecule has 0 heterocycles. The Bertz CT molecular complexity index is 2100. The summed E-state index contributed by atoms with van der Waals surface area (Å²) < 4.78 is 12.1. The lowest BCUT2D eigenvalue weighted by Crippen LogP contribution is -2.28. The minimum Gasteiger partial charge on any atom is -0.506 e. The zero-order valence-electron chi connectivity index (χ0n) is 25.1. The molecule has 6 N–H and O–H groups in total. The lowest BCUT2D eigenvalue weighted by atomic mass is 9.67. The van der Waals surface area contributed by atoms with Gasteiger partial charge in [-0.2, -0.15) is 0 Å². The normalized spacial score (nSPS) is 12.3. The van der Waals surface area contributed by atoms with Crippen LogP contribution < -0.4 is 20.9 Å². The van der Waals surface area contributed by atoms with Gasteiger partial charge in [0.2, 0.25) is 0 Å². The van der Waals surface area contributed by atoms with Crippen LogP contribution in [0.5, 0.6) is 34.5 Å². The summed E-state index contributed by atoms with van der Waals surface area (Å²) in [6, 6.07) is 37.5. The van der Waals surface area contributed by atoms with Gasteiger partial charge in [0.1, 0.15) is 34.5 Å². The van der Waals surface area contributed by atoms with Crippen molar-refractivity contribution in [1.82, 2.24) is 0 Å². The molecule has 0 amide bonds. The Kier molecular flexibility index (Phi) is 6.97. The van der Waals surface area contributed by atoms with Crippen molar-refractivity contribution in [1.29, 1.82) is 0 Å². The van der Waals surface area contributed by atoms with E-state index in [0.717, 1.165) is 44.5 Å². The molecule has 0 saturated carbocycles. The third kappa shape index (κ3) is 4.91. The Morgan fingerprint density at radius 1 is 0.489 bits per heavy atom. The van der Waals surface area contributed by atoms with E-state index < -0.39 is 5.41 Å². The number of benzene rings is 6. The fourth-order valence-electron chi connectivity index (χ4n) is 6.29. The van der Waals surface area contributed by atoms with Crippen LogP contribution in [0.4, 0.5) is 11.4 Å². The SMILES string of the molecule is C#Cc1ccc2c(c1)-c1cc(C#C)ccc1C2(c1ccc(Oc2ccc(N)c(O)c2)cc1)c1ccc(Oc2ccc(N)c(O)c2)cc1. The summed E-state index contributed by atoms with van der Waals surface area (Å²) in [7, 11) is 0. The molecule has 6 heteroatoms. The summed E-state index contributed by atoms with van der Waals surface area (Å²) in [6.45, 7) is 0. The number of aromatic hydroxyl groups is 2. The summed E-state index contributed by atoms with van der Waals surface area (Å²) in [6.07, 6.45) is 11.7. The molecule has 0 bridgehead atoms. The standard InChI is InChI=1S/C41H28N2O4/c1-3-25-5-17-35-33(21-25)34-22-26(4-2)6-18-36(34)41(35,27-7-11-29(12-8-27)46-31-15-19-37(42)39(44)23-31)28-9-13-30(14-10-28)47-32-16-20-38(43)40(45)24-32/h1-2,5-24,44-45H,42-43H2. The maximum Gasteiger partial charge on any atom is 0.142 e. The Balaban J connectivity index is 1.38. The van der Waals surface area contributed by atoms with Gasteiger partial charge >= 0.3 is 0 Å². The van der Waals surface area contributed by atoms with Crippen LogP contribution in [0.25, 0.3) is 11.1 Å². The highest BCUT2D eigenvalue weighted by atomic mass is 16.5. The lowest BCUT2D eigenvalue weighted by molar-refractivity contribution is 0.456. The van der Waals surface area contributed by atoms with Crippen LogP contribution in [0.3, 0.4) is 0 Å². The highest BCUT2D eigenvalue weighted by molar-refractivity contribution is 5.87. The molecule has 7 rings (SSSR count). The molecule has 6 aromatic rings. The maximum absolute atomic E-state index is 10.1. The Morgan fingerprint density at radius 3 is 1.23 bits per heavy atom. The largest absolute Gasteiger partial charge is 0.506 e. The number of ether oxygens (including phenoxy) is 2. The summed E-state index contributed by atoms with van der Waals surface area (Å²) in [5.41, 5.74) is 19.0. The summed E-state index contributed by atoms with van der Waals surface area (Å²) >= 11 is 0. The molecule has 0 radical (unpaired) electrons. The van der Waals surface area contributed by atoms with Crippen LogP contribution in [0.15, 0.2) is 121 Å². The van der Waals surface area contributed by atoms with Crippen LogP contribution >= 0.6 is 0 Å². The van der Waals surface area contributed by atoms with E-state index in [1.807, 2.05) is 72.8 Å². The van der Waals surface area contributed by atoms with Crippen molar-refractivity contribution >= 4 is 11.4 Å². The van der Waals surface area contributed by atoms with Gasteiger partial charge in [0, 0.05) is 23.3 Å². The highest BCUT2D eigenvalue weighted by Crippen LogP contribution is 2.56. The van der Waals surface area contributed by atoms with Crippen molar-refractivity contribution < 1.29 is 19.7 Å². The minimum atomic E-state index is -0.749. The molecular formula is C41H28N2O4. The number of hydrogen-bond donors (Lipinski definition) is 4. The second-order valence-electron chi connectivity index (χ2n) is 11.3. The first kappa shape index (κ1) is 29.0. The van der Waals surface area contributed by atoms with Crippen LogP contribution in [-0.4, -0.2) is 10.2 Å². The van der Waals surface area contributed by atoms with Gasteiger partial charge in [0.25, 0.3) is 0 Å². The fraction of sp³-hybridized carbons (Fsp3) is 0.0244. The fourth-order valence-corrected chi connectivity index (χ4v) is 6.29. The maximum atomic E-state index is 10.1. The van der Waals surface area contributed by atoms with Gasteiger partial charge in [-0.3, -0.25) is 0 Å². The van der Waals surface area contributed by atoms with Crippen molar-refractivity contribution in [3.05, 3.63) is 155 Å². The second kappa shape index (κ2) is 11.3.